The molecule has 1 atom stereocenters. The first-order chi connectivity index (χ1) is 10.2. The number of nitrogens with two attached hydrogens (primary N) is 1. The van der Waals surface area contributed by atoms with Crippen LogP contribution in [0.5, 0.6) is 0 Å². The van der Waals surface area contributed by atoms with Gasteiger partial charge in [0.2, 0.25) is 0 Å². The fourth-order valence-electron chi connectivity index (χ4n) is 2.40. The molecule has 0 spiro atoms. The standard InChI is InChI=1S/C15H17FN4O/c16-11-4-5-12(18-8-11)9-20-6-7-21-14(10-20)13-2-1-3-15(17)19-13/h1-5,8,14H,6-7,9-10H2,(H2,17,19)/t14-/m0/s1. The van der Waals surface area contributed by atoms with E-state index in [1.165, 1.54) is 12.3 Å². The Labute approximate surface area is 122 Å². The lowest BCUT2D eigenvalue weighted by molar-refractivity contribution is -0.0352. The number of hydrogen-bond donors (Lipinski definition) is 1. The third-order valence-electron chi connectivity index (χ3n) is 3.45. The van der Waals surface area contributed by atoms with Crippen LogP contribution in [-0.2, 0) is 11.3 Å². The fourth-order valence-corrected chi connectivity index (χ4v) is 2.40. The number of halogens is 1. The third-order valence-corrected chi connectivity index (χ3v) is 3.45. The van der Waals surface area contributed by atoms with Crippen molar-refractivity contribution in [3.63, 3.8) is 0 Å². The molecule has 2 N–H and O–H groups in total. The summed E-state index contributed by atoms with van der Waals surface area (Å²) in [6, 6.07) is 8.69. The summed E-state index contributed by atoms with van der Waals surface area (Å²) in [6.45, 7) is 2.83. The maximum absolute atomic E-state index is 12.9. The zero-order valence-electron chi connectivity index (χ0n) is 11.6. The summed E-state index contributed by atoms with van der Waals surface area (Å²) in [5.74, 6) is 0.177. The molecule has 0 amide bonds. The van der Waals surface area contributed by atoms with Gasteiger partial charge in [-0.05, 0) is 24.3 Å². The molecule has 0 aromatic carbocycles. The van der Waals surface area contributed by atoms with Crippen LogP contribution in [0, 0.1) is 5.82 Å². The Kier molecular flexibility index (Phi) is 4.08. The second kappa shape index (κ2) is 6.15. The number of nitrogen functional groups attached to an aromatic ring is 1. The smallest absolute Gasteiger partial charge is 0.141 e. The normalized spacial score (nSPS) is 19.6. The van der Waals surface area contributed by atoms with Crippen LogP contribution in [0.4, 0.5) is 10.2 Å². The SMILES string of the molecule is Nc1cccc([C@@H]2CN(Cc3ccc(F)cn3)CCO2)n1. The number of rotatable bonds is 3. The van der Waals surface area contributed by atoms with E-state index in [1.54, 1.807) is 12.1 Å². The molecule has 5 nitrogen and oxygen atoms in total. The first-order valence-electron chi connectivity index (χ1n) is 6.87. The highest BCUT2D eigenvalue weighted by Crippen LogP contribution is 2.22. The second-order valence-corrected chi connectivity index (χ2v) is 5.05. The minimum atomic E-state index is -0.317. The maximum Gasteiger partial charge on any atom is 0.141 e. The quantitative estimate of drug-likeness (QED) is 0.932. The molecule has 110 valence electrons. The van der Waals surface area contributed by atoms with E-state index in [9.17, 15) is 4.39 Å². The van der Waals surface area contributed by atoms with Gasteiger partial charge in [0.1, 0.15) is 17.7 Å². The largest absolute Gasteiger partial charge is 0.384 e. The van der Waals surface area contributed by atoms with Crippen molar-refractivity contribution in [3.8, 4) is 0 Å². The number of nitrogens with zero attached hydrogens (tertiary/aromatic N) is 3. The number of ether oxygens (including phenoxy) is 1. The molecule has 2 aromatic rings. The molecule has 0 unspecified atom stereocenters. The lowest BCUT2D eigenvalue weighted by atomic mass is 10.1. The van der Waals surface area contributed by atoms with E-state index in [0.29, 0.717) is 19.0 Å². The Balaban J connectivity index is 1.67. The summed E-state index contributed by atoms with van der Waals surface area (Å²) in [6.07, 6.45) is 1.15. The lowest BCUT2D eigenvalue weighted by Gasteiger charge is -2.32. The van der Waals surface area contributed by atoms with Gasteiger partial charge in [-0.3, -0.25) is 9.88 Å². The number of aromatic nitrogens is 2. The minimum Gasteiger partial charge on any atom is -0.384 e. The van der Waals surface area contributed by atoms with Crippen LogP contribution >= 0.6 is 0 Å². The molecule has 6 heteroatoms. The monoisotopic (exact) mass is 288 g/mol. The highest BCUT2D eigenvalue weighted by Gasteiger charge is 2.23. The number of pyridine rings is 2. The van der Waals surface area contributed by atoms with Gasteiger partial charge >= 0.3 is 0 Å². The minimum absolute atomic E-state index is 0.0947. The van der Waals surface area contributed by atoms with E-state index < -0.39 is 0 Å². The molecule has 1 fully saturated rings. The highest BCUT2D eigenvalue weighted by atomic mass is 19.1. The van der Waals surface area contributed by atoms with Crippen molar-refractivity contribution in [2.75, 3.05) is 25.4 Å². The Bertz CT molecular complexity index is 605. The van der Waals surface area contributed by atoms with Crippen molar-refractivity contribution in [2.24, 2.45) is 0 Å². The van der Waals surface area contributed by atoms with Gasteiger partial charge in [-0.25, -0.2) is 9.37 Å². The van der Waals surface area contributed by atoms with Crippen molar-refractivity contribution in [3.05, 3.63) is 53.7 Å². The average Bonchev–Trinajstić information content (AvgIpc) is 2.50. The van der Waals surface area contributed by atoms with E-state index in [4.69, 9.17) is 10.5 Å². The van der Waals surface area contributed by atoms with E-state index in [-0.39, 0.29) is 11.9 Å². The molecule has 2 aromatic heterocycles. The van der Waals surface area contributed by atoms with E-state index in [1.807, 2.05) is 12.1 Å². The van der Waals surface area contributed by atoms with Crippen molar-refractivity contribution in [1.29, 1.82) is 0 Å². The zero-order valence-corrected chi connectivity index (χ0v) is 11.6. The summed E-state index contributed by atoms with van der Waals surface area (Å²) < 4.78 is 18.6. The molecule has 0 radical (unpaired) electrons. The number of morpholine rings is 1. The summed E-state index contributed by atoms with van der Waals surface area (Å²) >= 11 is 0. The second-order valence-electron chi connectivity index (χ2n) is 5.05. The summed E-state index contributed by atoms with van der Waals surface area (Å²) in [5, 5.41) is 0. The molecule has 0 saturated carbocycles. The van der Waals surface area contributed by atoms with Gasteiger partial charge < -0.3 is 10.5 Å². The van der Waals surface area contributed by atoms with Crippen LogP contribution < -0.4 is 5.73 Å². The van der Waals surface area contributed by atoms with Crippen LogP contribution in [0.1, 0.15) is 17.5 Å². The molecular formula is C15H17FN4O. The van der Waals surface area contributed by atoms with Gasteiger partial charge in [0, 0.05) is 19.6 Å². The molecule has 0 aliphatic carbocycles. The van der Waals surface area contributed by atoms with Gasteiger partial charge in [-0.2, -0.15) is 0 Å². The molecule has 3 rings (SSSR count). The van der Waals surface area contributed by atoms with Crippen molar-refractivity contribution in [1.82, 2.24) is 14.9 Å². The van der Waals surface area contributed by atoms with Crippen molar-refractivity contribution >= 4 is 5.82 Å². The molecule has 1 aliphatic rings. The van der Waals surface area contributed by atoms with Crippen molar-refractivity contribution in [2.45, 2.75) is 12.6 Å². The summed E-state index contributed by atoms with van der Waals surface area (Å²) in [4.78, 5) is 10.6. The fraction of sp³-hybridized carbons (Fsp3) is 0.333. The van der Waals surface area contributed by atoms with Crippen LogP contribution in [0.15, 0.2) is 36.5 Å². The highest BCUT2D eigenvalue weighted by molar-refractivity contribution is 5.29. The predicted octanol–water partition coefficient (Wildman–Crippen LogP) is 1.77. The molecule has 1 saturated heterocycles. The molecule has 3 heterocycles. The molecular weight excluding hydrogens is 271 g/mol. The zero-order chi connectivity index (χ0) is 14.7. The molecule has 1 aliphatic heterocycles. The first-order valence-corrected chi connectivity index (χ1v) is 6.87. The van der Waals surface area contributed by atoms with Crippen LogP contribution in [-0.4, -0.2) is 34.6 Å². The average molecular weight is 288 g/mol. The van der Waals surface area contributed by atoms with Gasteiger partial charge in [0.25, 0.3) is 0 Å². The van der Waals surface area contributed by atoms with Gasteiger partial charge in [-0.1, -0.05) is 6.07 Å². The predicted molar refractivity (Wildman–Crippen MR) is 76.8 cm³/mol. The van der Waals surface area contributed by atoms with Gasteiger partial charge in [-0.15, -0.1) is 0 Å². The van der Waals surface area contributed by atoms with Crippen LogP contribution in [0.25, 0.3) is 0 Å². The molecule has 21 heavy (non-hydrogen) atoms. The number of anilines is 1. The van der Waals surface area contributed by atoms with E-state index >= 15 is 0 Å². The third kappa shape index (κ3) is 3.53. The lowest BCUT2D eigenvalue weighted by Crippen LogP contribution is -2.38. The Morgan fingerprint density at radius 2 is 2.24 bits per heavy atom. The van der Waals surface area contributed by atoms with E-state index in [2.05, 4.69) is 14.9 Å². The molecule has 0 bridgehead atoms. The summed E-state index contributed by atoms with van der Waals surface area (Å²) in [7, 11) is 0. The van der Waals surface area contributed by atoms with Crippen LogP contribution in [0.3, 0.4) is 0 Å². The van der Waals surface area contributed by atoms with Crippen molar-refractivity contribution < 1.29 is 9.13 Å². The topological polar surface area (TPSA) is 64.3 Å². The number of hydrogen-bond acceptors (Lipinski definition) is 5. The van der Waals surface area contributed by atoms with Gasteiger partial charge in [0.05, 0.1) is 24.2 Å². The van der Waals surface area contributed by atoms with E-state index in [0.717, 1.165) is 24.5 Å². The van der Waals surface area contributed by atoms with Crippen LogP contribution in [0.2, 0.25) is 0 Å². The Hall–Kier alpha value is -2.05. The first kappa shape index (κ1) is 13.9. The Morgan fingerprint density at radius 1 is 1.33 bits per heavy atom. The summed E-state index contributed by atoms with van der Waals surface area (Å²) in [5.41, 5.74) is 7.40. The Morgan fingerprint density at radius 3 is 3.00 bits per heavy atom. The van der Waals surface area contributed by atoms with Gasteiger partial charge in [0.15, 0.2) is 0 Å². The maximum atomic E-state index is 12.9.